The summed E-state index contributed by atoms with van der Waals surface area (Å²) in [7, 11) is 2.86. The Hall–Kier alpha value is 0.430. The van der Waals surface area contributed by atoms with Crippen molar-refractivity contribution in [1.29, 1.82) is 0 Å². The molecule has 1 saturated carbocycles. The molecule has 0 aromatic heterocycles. The second kappa shape index (κ2) is 3.56. The van der Waals surface area contributed by atoms with Crippen molar-refractivity contribution in [3.8, 4) is 0 Å². The van der Waals surface area contributed by atoms with Crippen LogP contribution in [0.1, 0.15) is 32.6 Å². The van der Waals surface area contributed by atoms with Crippen LogP contribution in [-0.4, -0.2) is 6.16 Å². The molecular formula is C8H17P. The van der Waals surface area contributed by atoms with E-state index in [9.17, 15) is 0 Å². The summed E-state index contributed by atoms with van der Waals surface area (Å²) in [5.41, 5.74) is 0. The van der Waals surface area contributed by atoms with E-state index in [4.69, 9.17) is 0 Å². The fraction of sp³-hybridized carbons (Fsp3) is 1.00. The molecule has 0 spiro atoms. The van der Waals surface area contributed by atoms with E-state index in [0.717, 1.165) is 11.8 Å². The highest BCUT2D eigenvalue weighted by atomic mass is 31.0. The first kappa shape index (κ1) is 7.54. The van der Waals surface area contributed by atoms with Crippen LogP contribution in [0.5, 0.6) is 0 Å². The first-order chi connectivity index (χ1) is 4.36. The van der Waals surface area contributed by atoms with E-state index >= 15 is 0 Å². The maximum Gasteiger partial charge on any atom is -0.0353 e. The Balaban J connectivity index is 2.20. The predicted octanol–water partition coefficient (Wildman–Crippen LogP) is 2.69. The van der Waals surface area contributed by atoms with E-state index in [1.165, 1.54) is 31.8 Å². The second-order valence-electron chi connectivity index (χ2n) is 3.19. The lowest BCUT2D eigenvalue weighted by molar-refractivity contribution is 0.504. The van der Waals surface area contributed by atoms with E-state index < -0.39 is 0 Å². The summed E-state index contributed by atoms with van der Waals surface area (Å²) in [6, 6.07) is 0. The molecule has 0 aromatic carbocycles. The fourth-order valence-electron chi connectivity index (χ4n) is 1.76. The quantitative estimate of drug-likeness (QED) is 0.523. The fourth-order valence-corrected chi connectivity index (χ4v) is 2.19. The van der Waals surface area contributed by atoms with Crippen LogP contribution in [0.25, 0.3) is 0 Å². The first-order valence-corrected chi connectivity index (χ1v) is 4.88. The largest absolute Gasteiger partial charge is 0.137 e. The Morgan fingerprint density at radius 2 is 2.00 bits per heavy atom. The van der Waals surface area contributed by atoms with Gasteiger partial charge in [0.2, 0.25) is 0 Å². The third kappa shape index (κ3) is 1.93. The third-order valence-electron chi connectivity index (χ3n) is 2.56. The molecule has 0 radical (unpaired) electrons. The zero-order chi connectivity index (χ0) is 6.69. The van der Waals surface area contributed by atoms with Crippen molar-refractivity contribution in [3.63, 3.8) is 0 Å². The Kier molecular flexibility index (Phi) is 2.98. The molecule has 54 valence electrons. The van der Waals surface area contributed by atoms with Crippen LogP contribution in [0.2, 0.25) is 0 Å². The molecule has 3 atom stereocenters. The summed E-state index contributed by atoms with van der Waals surface area (Å²) in [6.07, 6.45) is 7.22. The van der Waals surface area contributed by atoms with E-state index in [-0.39, 0.29) is 0 Å². The molecular weight excluding hydrogens is 127 g/mol. The molecule has 1 aliphatic rings. The lowest BCUT2D eigenvalue weighted by Crippen LogP contribution is -1.95. The van der Waals surface area contributed by atoms with Crippen LogP contribution < -0.4 is 0 Å². The van der Waals surface area contributed by atoms with Crippen molar-refractivity contribution >= 4 is 9.24 Å². The number of rotatable bonds is 2. The van der Waals surface area contributed by atoms with Crippen molar-refractivity contribution in [1.82, 2.24) is 0 Å². The normalized spacial score (nSPS) is 35.3. The Morgan fingerprint density at radius 3 is 2.33 bits per heavy atom. The number of hydrogen-bond acceptors (Lipinski definition) is 0. The predicted molar refractivity (Wildman–Crippen MR) is 45.7 cm³/mol. The molecule has 1 heteroatoms. The smallest absolute Gasteiger partial charge is 0.0353 e. The second-order valence-corrected chi connectivity index (χ2v) is 3.66. The summed E-state index contributed by atoms with van der Waals surface area (Å²) in [5, 5.41) is 0. The molecule has 0 aromatic rings. The van der Waals surface area contributed by atoms with E-state index in [0.29, 0.717) is 0 Å². The van der Waals surface area contributed by atoms with Gasteiger partial charge in [-0.2, -0.15) is 0 Å². The zero-order valence-corrected chi connectivity index (χ0v) is 7.42. The number of hydrogen-bond donors (Lipinski definition) is 0. The van der Waals surface area contributed by atoms with Crippen molar-refractivity contribution in [2.24, 2.45) is 11.8 Å². The standard InChI is InChI=1S/C8H17P/c1-2-7-3-4-8(5-7)6-9/h7-8H,2-6,9H2,1H3. The molecule has 3 unspecified atom stereocenters. The van der Waals surface area contributed by atoms with Gasteiger partial charge in [-0.3, -0.25) is 0 Å². The van der Waals surface area contributed by atoms with Gasteiger partial charge >= 0.3 is 0 Å². The van der Waals surface area contributed by atoms with Gasteiger partial charge in [-0.05, 0) is 30.8 Å². The average molecular weight is 144 g/mol. The van der Waals surface area contributed by atoms with Gasteiger partial charge in [-0.1, -0.05) is 19.8 Å². The molecule has 0 aliphatic heterocycles. The van der Waals surface area contributed by atoms with Crippen molar-refractivity contribution in [2.45, 2.75) is 32.6 Å². The summed E-state index contributed by atoms with van der Waals surface area (Å²) in [6.45, 7) is 2.32. The van der Waals surface area contributed by atoms with Gasteiger partial charge in [-0.25, -0.2) is 0 Å². The van der Waals surface area contributed by atoms with Gasteiger partial charge in [0.05, 0.1) is 0 Å². The van der Waals surface area contributed by atoms with Gasteiger partial charge in [-0.15, -0.1) is 9.24 Å². The molecule has 0 bridgehead atoms. The summed E-state index contributed by atoms with van der Waals surface area (Å²) in [4.78, 5) is 0. The van der Waals surface area contributed by atoms with Gasteiger partial charge in [0.25, 0.3) is 0 Å². The van der Waals surface area contributed by atoms with E-state index in [2.05, 4.69) is 16.2 Å². The van der Waals surface area contributed by atoms with Crippen LogP contribution in [0.3, 0.4) is 0 Å². The Bertz CT molecular complexity index is 70.6. The highest BCUT2D eigenvalue weighted by molar-refractivity contribution is 7.16. The molecule has 9 heavy (non-hydrogen) atoms. The topological polar surface area (TPSA) is 0 Å². The molecule has 1 rings (SSSR count). The van der Waals surface area contributed by atoms with Crippen LogP contribution in [0.4, 0.5) is 0 Å². The van der Waals surface area contributed by atoms with Crippen molar-refractivity contribution < 1.29 is 0 Å². The SMILES string of the molecule is CCC1CCC(CP)C1. The van der Waals surface area contributed by atoms with E-state index in [1.54, 1.807) is 0 Å². The molecule has 1 aliphatic carbocycles. The maximum absolute atomic E-state index is 2.86. The van der Waals surface area contributed by atoms with Crippen LogP contribution in [-0.2, 0) is 0 Å². The van der Waals surface area contributed by atoms with Crippen LogP contribution >= 0.6 is 9.24 Å². The molecule has 0 nitrogen and oxygen atoms in total. The Labute approximate surface area is 60.6 Å². The van der Waals surface area contributed by atoms with Crippen molar-refractivity contribution in [2.75, 3.05) is 6.16 Å². The minimum atomic E-state index is 1.04. The first-order valence-electron chi connectivity index (χ1n) is 4.06. The lowest BCUT2D eigenvalue weighted by Gasteiger charge is -2.05. The van der Waals surface area contributed by atoms with Gasteiger partial charge in [0.15, 0.2) is 0 Å². The van der Waals surface area contributed by atoms with Gasteiger partial charge in [0, 0.05) is 0 Å². The maximum atomic E-state index is 2.86. The van der Waals surface area contributed by atoms with Crippen LogP contribution in [0.15, 0.2) is 0 Å². The van der Waals surface area contributed by atoms with Gasteiger partial charge < -0.3 is 0 Å². The molecule has 0 saturated heterocycles. The lowest BCUT2D eigenvalue weighted by atomic mass is 10.0. The summed E-state index contributed by atoms with van der Waals surface area (Å²) >= 11 is 0. The van der Waals surface area contributed by atoms with E-state index in [1.807, 2.05) is 0 Å². The molecule has 0 N–H and O–H groups in total. The Morgan fingerprint density at radius 1 is 1.33 bits per heavy atom. The van der Waals surface area contributed by atoms with Crippen molar-refractivity contribution in [3.05, 3.63) is 0 Å². The molecule has 0 heterocycles. The van der Waals surface area contributed by atoms with Crippen LogP contribution in [0, 0.1) is 11.8 Å². The summed E-state index contributed by atoms with van der Waals surface area (Å²) in [5.74, 6) is 2.11. The third-order valence-corrected chi connectivity index (χ3v) is 3.23. The highest BCUT2D eigenvalue weighted by Crippen LogP contribution is 2.33. The minimum absolute atomic E-state index is 1.04. The summed E-state index contributed by atoms with van der Waals surface area (Å²) < 4.78 is 0. The monoisotopic (exact) mass is 144 g/mol. The highest BCUT2D eigenvalue weighted by Gasteiger charge is 2.21. The zero-order valence-electron chi connectivity index (χ0n) is 6.27. The average Bonchev–Trinajstić information content (AvgIpc) is 2.34. The van der Waals surface area contributed by atoms with Gasteiger partial charge in [0.1, 0.15) is 0 Å². The molecule has 0 amide bonds. The molecule has 1 fully saturated rings. The minimum Gasteiger partial charge on any atom is -0.137 e.